The molecule has 0 bridgehead atoms. The molecule has 0 aliphatic carbocycles. The van der Waals surface area contributed by atoms with E-state index in [2.05, 4.69) is 37.2 Å². The summed E-state index contributed by atoms with van der Waals surface area (Å²) in [6.07, 6.45) is 0. The third-order valence-electron chi connectivity index (χ3n) is 6.72. The molecule has 2 aliphatic rings. The summed E-state index contributed by atoms with van der Waals surface area (Å²) in [6.45, 7) is -0.199. The highest BCUT2D eigenvalue weighted by Crippen LogP contribution is 2.54. The van der Waals surface area contributed by atoms with Crippen LogP contribution in [0.5, 0.6) is 0 Å². The van der Waals surface area contributed by atoms with Crippen molar-refractivity contribution in [2.24, 2.45) is 5.92 Å². The molecule has 1 saturated heterocycles. The van der Waals surface area contributed by atoms with Crippen LogP contribution in [0.1, 0.15) is 16.4 Å². The quantitative estimate of drug-likeness (QED) is 0.266. The zero-order chi connectivity index (χ0) is 27.3. The number of hydrogen-bond acceptors (Lipinski definition) is 6. The lowest BCUT2D eigenvalue weighted by atomic mass is 9.83. The second-order valence-electron chi connectivity index (χ2n) is 9.12. The SMILES string of the molecule is O=C(Cn1c2c(sc1=O)C(c1ccc(Br)cc1)C1C(=O)N(c3ccc(Br)cc3)C(=O)C1S2)Nc1ccccc1. The molecule has 3 atom stereocenters. The fourth-order valence-corrected chi connectivity index (χ4v) is 8.30. The van der Waals surface area contributed by atoms with Gasteiger partial charge < -0.3 is 5.32 Å². The van der Waals surface area contributed by atoms with Crippen molar-refractivity contribution >= 4 is 84.1 Å². The van der Waals surface area contributed by atoms with Crippen LogP contribution in [0.15, 0.2) is 97.6 Å². The van der Waals surface area contributed by atoms with Crippen LogP contribution in [0.25, 0.3) is 0 Å². The standard InChI is InChI=1S/C28H19Br2N3O4S2/c29-16-8-6-15(7-9-16)21-22-23(26(36)33(25(22)35)19-12-10-17(30)11-13-19)38-27-24(21)39-28(37)32(27)14-20(34)31-18-4-2-1-3-5-18/h1-13,21-23H,14H2,(H,31,34). The molecule has 2 aliphatic heterocycles. The number of rotatable bonds is 5. The van der Waals surface area contributed by atoms with E-state index in [0.29, 0.717) is 21.3 Å². The summed E-state index contributed by atoms with van der Waals surface area (Å²) in [7, 11) is 0. The number of aromatic nitrogens is 1. The van der Waals surface area contributed by atoms with Gasteiger partial charge in [0.25, 0.3) is 0 Å². The summed E-state index contributed by atoms with van der Waals surface area (Å²) < 4.78 is 3.14. The average molecular weight is 685 g/mol. The van der Waals surface area contributed by atoms with E-state index in [1.54, 1.807) is 36.4 Å². The Morgan fingerprint density at radius 1 is 0.846 bits per heavy atom. The molecule has 3 amide bonds. The highest BCUT2D eigenvalue weighted by Gasteiger charge is 2.56. The van der Waals surface area contributed by atoms with Crippen molar-refractivity contribution < 1.29 is 14.4 Å². The molecule has 11 heteroatoms. The van der Waals surface area contributed by atoms with Gasteiger partial charge in [0.1, 0.15) is 11.8 Å². The minimum Gasteiger partial charge on any atom is -0.325 e. The third-order valence-corrected chi connectivity index (χ3v) is 10.4. The van der Waals surface area contributed by atoms with Crippen LogP contribution in [-0.4, -0.2) is 27.5 Å². The number of anilines is 2. The lowest BCUT2D eigenvalue weighted by molar-refractivity contribution is -0.122. The number of hydrogen-bond donors (Lipinski definition) is 1. The molecule has 0 saturated carbocycles. The maximum atomic E-state index is 13.9. The fraction of sp³-hybridized carbons (Fsp3) is 0.143. The van der Waals surface area contributed by atoms with Crippen LogP contribution in [0.2, 0.25) is 0 Å². The molecule has 1 aromatic heterocycles. The largest absolute Gasteiger partial charge is 0.325 e. The topological polar surface area (TPSA) is 88.5 Å². The van der Waals surface area contributed by atoms with Crippen molar-refractivity contribution in [3.63, 3.8) is 0 Å². The zero-order valence-corrected chi connectivity index (χ0v) is 24.8. The van der Waals surface area contributed by atoms with Gasteiger partial charge in [-0.1, -0.05) is 85.3 Å². The van der Waals surface area contributed by atoms with Gasteiger partial charge in [-0.05, 0) is 54.1 Å². The van der Waals surface area contributed by atoms with Crippen molar-refractivity contribution in [2.75, 3.05) is 10.2 Å². The van der Waals surface area contributed by atoms with E-state index in [-0.39, 0.29) is 29.1 Å². The van der Waals surface area contributed by atoms with E-state index in [1.165, 1.54) is 21.2 Å². The Morgan fingerprint density at radius 2 is 1.49 bits per heavy atom. The van der Waals surface area contributed by atoms with Crippen LogP contribution in [0.3, 0.4) is 0 Å². The molecule has 196 valence electrons. The number of nitrogens with zero attached hydrogens (tertiary/aromatic N) is 2. The molecule has 0 radical (unpaired) electrons. The highest BCUT2D eigenvalue weighted by atomic mass is 79.9. The number of para-hydroxylation sites is 1. The van der Waals surface area contributed by atoms with Crippen LogP contribution in [0.4, 0.5) is 11.4 Å². The average Bonchev–Trinajstić information content (AvgIpc) is 3.36. The molecule has 3 aromatic carbocycles. The number of thioether (sulfide) groups is 1. The monoisotopic (exact) mass is 683 g/mol. The first-order chi connectivity index (χ1) is 18.8. The summed E-state index contributed by atoms with van der Waals surface area (Å²) in [4.78, 5) is 55.4. The minimum absolute atomic E-state index is 0.199. The van der Waals surface area contributed by atoms with Gasteiger partial charge in [0.15, 0.2) is 0 Å². The number of amides is 3. The van der Waals surface area contributed by atoms with E-state index in [1.807, 2.05) is 42.5 Å². The smallest absolute Gasteiger partial charge is 0.308 e. The summed E-state index contributed by atoms with van der Waals surface area (Å²) in [5, 5.41) is 2.64. The molecule has 39 heavy (non-hydrogen) atoms. The molecule has 6 rings (SSSR count). The normalized spacial score (nSPS) is 20.1. The first-order valence-corrected chi connectivity index (χ1v) is 15.2. The Balaban J connectivity index is 1.42. The maximum Gasteiger partial charge on any atom is 0.308 e. The van der Waals surface area contributed by atoms with Gasteiger partial charge >= 0.3 is 4.87 Å². The van der Waals surface area contributed by atoms with Crippen LogP contribution in [-0.2, 0) is 20.9 Å². The molecule has 1 N–H and O–H groups in total. The number of carbonyl (C=O) groups is 3. The number of nitrogens with one attached hydrogen (secondary N) is 1. The number of benzene rings is 3. The van der Waals surface area contributed by atoms with Crippen LogP contribution in [0, 0.1) is 5.92 Å². The Bertz CT molecular complexity index is 1650. The number of imide groups is 1. The lowest BCUT2D eigenvalue weighted by Crippen LogP contribution is -2.33. The van der Waals surface area contributed by atoms with E-state index >= 15 is 0 Å². The molecular weight excluding hydrogens is 666 g/mol. The zero-order valence-electron chi connectivity index (χ0n) is 20.0. The predicted molar refractivity (Wildman–Crippen MR) is 159 cm³/mol. The van der Waals surface area contributed by atoms with Crippen molar-refractivity contribution in [3.8, 4) is 0 Å². The van der Waals surface area contributed by atoms with Gasteiger partial charge in [-0.2, -0.15) is 0 Å². The van der Waals surface area contributed by atoms with E-state index in [9.17, 15) is 19.2 Å². The second-order valence-corrected chi connectivity index (χ2v) is 13.1. The summed E-state index contributed by atoms with van der Waals surface area (Å²) in [5.74, 6) is -2.18. The van der Waals surface area contributed by atoms with E-state index in [4.69, 9.17) is 0 Å². The number of fused-ring (bicyclic) bond motifs is 2. The summed E-state index contributed by atoms with van der Waals surface area (Å²) in [6, 6.07) is 23.6. The third kappa shape index (κ3) is 4.82. The van der Waals surface area contributed by atoms with Gasteiger partial charge in [0, 0.05) is 25.4 Å². The second kappa shape index (κ2) is 10.5. The molecule has 1 fully saturated rings. The number of thiazole rings is 1. The summed E-state index contributed by atoms with van der Waals surface area (Å²) in [5.41, 5.74) is 1.96. The highest BCUT2D eigenvalue weighted by molar-refractivity contribution is 9.10. The van der Waals surface area contributed by atoms with Crippen LogP contribution >= 0.6 is 55.0 Å². The van der Waals surface area contributed by atoms with Crippen molar-refractivity contribution in [1.29, 1.82) is 0 Å². The minimum atomic E-state index is -0.736. The summed E-state index contributed by atoms with van der Waals surface area (Å²) >= 11 is 9.09. The molecule has 0 spiro atoms. The Morgan fingerprint density at radius 3 is 2.15 bits per heavy atom. The first kappa shape index (κ1) is 26.2. The predicted octanol–water partition coefficient (Wildman–Crippen LogP) is 5.87. The molecule has 4 aromatic rings. The maximum absolute atomic E-state index is 13.9. The fourth-order valence-electron chi connectivity index (χ4n) is 4.99. The Labute approximate surface area is 248 Å². The molecule has 3 heterocycles. The van der Waals surface area contributed by atoms with Gasteiger partial charge in [0.2, 0.25) is 17.7 Å². The molecule has 7 nitrogen and oxygen atoms in total. The van der Waals surface area contributed by atoms with E-state index < -0.39 is 17.1 Å². The molecule has 3 unspecified atom stereocenters. The van der Waals surface area contributed by atoms with Crippen molar-refractivity contribution in [1.82, 2.24) is 4.57 Å². The number of halogens is 2. The number of carbonyl (C=O) groups excluding carboxylic acids is 3. The van der Waals surface area contributed by atoms with Gasteiger partial charge in [-0.15, -0.1) is 0 Å². The Hall–Kier alpha value is -2.99. The van der Waals surface area contributed by atoms with Crippen molar-refractivity contribution in [2.45, 2.75) is 22.7 Å². The molecular formula is C28H19Br2N3O4S2. The lowest BCUT2D eigenvalue weighted by Gasteiger charge is -2.30. The van der Waals surface area contributed by atoms with Gasteiger partial charge in [-0.3, -0.25) is 23.7 Å². The first-order valence-electron chi connectivity index (χ1n) is 12.0. The van der Waals surface area contributed by atoms with Crippen molar-refractivity contribution in [3.05, 3.63) is 108 Å². The Kier molecular flexibility index (Phi) is 7.09. The van der Waals surface area contributed by atoms with Gasteiger partial charge in [-0.25, -0.2) is 4.90 Å². The van der Waals surface area contributed by atoms with Crippen LogP contribution < -0.4 is 15.1 Å². The van der Waals surface area contributed by atoms with E-state index in [0.717, 1.165) is 25.8 Å². The van der Waals surface area contributed by atoms with Gasteiger partial charge in [0.05, 0.1) is 16.6 Å².